The smallest absolute Gasteiger partial charge is 0.129 e. The van der Waals surface area contributed by atoms with Crippen molar-refractivity contribution in [3.63, 3.8) is 0 Å². The molecule has 0 saturated carbocycles. The molecule has 1 unspecified atom stereocenters. The van der Waals surface area contributed by atoms with Crippen LogP contribution in [0.3, 0.4) is 0 Å². The molecule has 3 heteroatoms. The predicted octanol–water partition coefficient (Wildman–Crippen LogP) is 3.74. The molecule has 2 aromatic rings. The van der Waals surface area contributed by atoms with E-state index < -0.39 is 6.10 Å². The third-order valence-electron chi connectivity index (χ3n) is 3.49. The molecule has 3 rings (SSSR count). The van der Waals surface area contributed by atoms with Crippen LogP contribution in [-0.2, 0) is 12.8 Å². The Kier molecular flexibility index (Phi) is 3.11. The van der Waals surface area contributed by atoms with Gasteiger partial charge in [-0.25, -0.2) is 0 Å². The minimum absolute atomic E-state index is 0.166. The Morgan fingerprint density at radius 1 is 1.37 bits per heavy atom. The summed E-state index contributed by atoms with van der Waals surface area (Å²) < 4.78 is 6.01. The quantitative estimate of drug-likeness (QED) is 0.924. The lowest BCUT2D eigenvalue weighted by molar-refractivity contribution is 0.126. The fourth-order valence-corrected chi connectivity index (χ4v) is 3.33. The van der Waals surface area contributed by atoms with E-state index in [1.54, 1.807) is 11.3 Å². The maximum absolute atomic E-state index is 10.5. The van der Waals surface area contributed by atoms with Crippen LogP contribution in [0.2, 0.25) is 0 Å². The van der Waals surface area contributed by atoms with Crippen molar-refractivity contribution in [2.75, 3.05) is 0 Å². The summed E-state index contributed by atoms with van der Waals surface area (Å²) in [5.41, 5.74) is 3.12. The zero-order valence-corrected chi connectivity index (χ0v) is 12.0. The lowest BCUT2D eigenvalue weighted by Crippen LogP contribution is -2.25. The van der Waals surface area contributed by atoms with Crippen molar-refractivity contribution in [3.05, 3.63) is 51.7 Å². The van der Waals surface area contributed by atoms with E-state index in [1.807, 2.05) is 17.5 Å². The van der Waals surface area contributed by atoms with Gasteiger partial charge < -0.3 is 9.84 Å². The van der Waals surface area contributed by atoms with E-state index in [0.717, 1.165) is 17.7 Å². The highest BCUT2D eigenvalue weighted by molar-refractivity contribution is 7.07. The molecular weight excluding hydrogens is 256 g/mol. The molecule has 0 amide bonds. The zero-order chi connectivity index (χ0) is 13.5. The van der Waals surface area contributed by atoms with E-state index in [1.165, 1.54) is 11.1 Å². The molecule has 1 aromatic heterocycles. The number of fused-ring (bicyclic) bond motifs is 1. The molecule has 0 bridgehead atoms. The van der Waals surface area contributed by atoms with Crippen LogP contribution in [-0.4, -0.2) is 10.7 Å². The van der Waals surface area contributed by atoms with Crippen LogP contribution in [0.4, 0.5) is 0 Å². The van der Waals surface area contributed by atoms with E-state index in [-0.39, 0.29) is 5.60 Å². The van der Waals surface area contributed by atoms with Crippen LogP contribution in [0, 0.1) is 0 Å². The van der Waals surface area contributed by atoms with Crippen LogP contribution in [0.5, 0.6) is 5.75 Å². The van der Waals surface area contributed by atoms with Crippen molar-refractivity contribution < 1.29 is 9.84 Å². The van der Waals surface area contributed by atoms with E-state index in [9.17, 15) is 5.11 Å². The maximum atomic E-state index is 10.5. The lowest BCUT2D eigenvalue weighted by atomic mass is 9.97. The van der Waals surface area contributed by atoms with Gasteiger partial charge in [-0.1, -0.05) is 18.2 Å². The third kappa shape index (κ3) is 2.53. The number of rotatable bonds is 3. The first-order chi connectivity index (χ1) is 9.05. The second-order valence-electron chi connectivity index (χ2n) is 5.73. The van der Waals surface area contributed by atoms with Crippen molar-refractivity contribution in [1.82, 2.24) is 0 Å². The van der Waals surface area contributed by atoms with Crippen molar-refractivity contribution >= 4 is 11.3 Å². The first-order valence-corrected chi connectivity index (χ1v) is 7.49. The molecule has 1 aliphatic rings. The highest BCUT2D eigenvalue weighted by Gasteiger charge is 2.32. The van der Waals surface area contributed by atoms with Crippen LogP contribution < -0.4 is 4.74 Å². The minimum atomic E-state index is -0.501. The van der Waals surface area contributed by atoms with Crippen molar-refractivity contribution in [2.45, 2.75) is 38.4 Å². The fraction of sp³-hybridized carbons (Fsp3) is 0.375. The summed E-state index contributed by atoms with van der Waals surface area (Å²) in [5.74, 6) is 0.884. The molecule has 1 atom stereocenters. The van der Waals surface area contributed by atoms with E-state index in [4.69, 9.17) is 4.74 Å². The van der Waals surface area contributed by atoms with Crippen molar-refractivity contribution in [2.24, 2.45) is 0 Å². The Balaban J connectivity index is 1.88. The summed E-state index contributed by atoms with van der Waals surface area (Å²) in [6.45, 7) is 4.17. The molecule has 100 valence electrons. The summed E-state index contributed by atoms with van der Waals surface area (Å²) in [7, 11) is 0. The Morgan fingerprint density at radius 3 is 2.95 bits per heavy atom. The Hall–Kier alpha value is -1.32. The largest absolute Gasteiger partial charge is 0.487 e. The standard InChI is InChI=1S/C16H18O2S/c1-16(2)9-12-4-3-5-13(15(12)18-16)14(17)8-11-6-7-19-10-11/h3-7,10,14,17H,8-9H2,1-2H3. The molecule has 19 heavy (non-hydrogen) atoms. The summed E-state index contributed by atoms with van der Waals surface area (Å²) in [6.07, 6.45) is 1.05. The van der Waals surface area contributed by atoms with Gasteiger partial charge in [0.1, 0.15) is 11.4 Å². The summed E-state index contributed by atoms with van der Waals surface area (Å²) in [6, 6.07) is 8.12. The SMILES string of the molecule is CC1(C)Cc2cccc(C(O)Cc3ccsc3)c2O1. The van der Waals surface area contributed by atoms with Gasteiger partial charge in [0.2, 0.25) is 0 Å². The number of ether oxygens (including phenoxy) is 1. The minimum Gasteiger partial charge on any atom is -0.487 e. The molecule has 0 saturated heterocycles. The monoisotopic (exact) mass is 274 g/mol. The van der Waals surface area contributed by atoms with Gasteiger partial charge in [-0.2, -0.15) is 11.3 Å². The number of hydrogen-bond acceptors (Lipinski definition) is 3. The molecule has 0 fully saturated rings. The van der Waals surface area contributed by atoms with E-state index >= 15 is 0 Å². The normalized spacial score (nSPS) is 17.8. The van der Waals surface area contributed by atoms with Crippen LogP contribution in [0.1, 0.15) is 36.6 Å². The van der Waals surface area contributed by atoms with Crippen LogP contribution in [0.15, 0.2) is 35.0 Å². The number of para-hydroxylation sites is 1. The molecule has 1 aliphatic heterocycles. The first kappa shape index (κ1) is 12.7. The average molecular weight is 274 g/mol. The van der Waals surface area contributed by atoms with E-state index in [2.05, 4.69) is 31.4 Å². The van der Waals surface area contributed by atoms with Crippen LogP contribution in [0.25, 0.3) is 0 Å². The number of aliphatic hydroxyl groups is 1. The average Bonchev–Trinajstić information content (AvgIpc) is 2.93. The first-order valence-electron chi connectivity index (χ1n) is 6.55. The topological polar surface area (TPSA) is 29.5 Å². The molecule has 0 radical (unpaired) electrons. The molecule has 0 spiro atoms. The fourth-order valence-electron chi connectivity index (χ4n) is 2.64. The highest BCUT2D eigenvalue weighted by Crippen LogP contribution is 2.40. The van der Waals surface area contributed by atoms with Gasteiger partial charge in [0.25, 0.3) is 0 Å². The third-order valence-corrected chi connectivity index (χ3v) is 4.22. The van der Waals surface area contributed by atoms with Gasteiger partial charge in [-0.05, 0) is 41.8 Å². The predicted molar refractivity (Wildman–Crippen MR) is 77.8 cm³/mol. The Labute approximate surface area is 117 Å². The maximum Gasteiger partial charge on any atom is 0.129 e. The van der Waals surface area contributed by atoms with E-state index in [0.29, 0.717) is 6.42 Å². The summed E-state index contributed by atoms with van der Waals surface area (Å²) in [4.78, 5) is 0. The van der Waals surface area contributed by atoms with Gasteiger partial charge in [0.15, 0.2) is 0 Å². The van der Waals surface area contributed by atoms with Crippen molar-refractivity contribution in [3.8, 4) is 5.75 Å². The van der Waals surface area contributed by atoms with Crippen molar-refractivity contribution in [1.29, 1.82) is 0 Å². The number of aliphatic hydroxyl groups excluding tert-OH is 1. The number of hydrogen-bond donors (Lipinski definition) is 1. The highest BCUT2D eigenvalue weighted by atomic mass is 32.1. The Morgan fingerprint density at radius 2 is 2.21 bits per heavy atom. The summed E-state index contributed by atoms with van der Waals surface area (Å²) in [5, 5.41) is 14.6. The molecule has 1 N–H and O–H groups in total. The molecular formula is C16H18O2S. The van der Waals surface area contributed by atoms with Gasteiger partial charge in [-0.3, -0.25) is 0 Å². The Bertz CT molecular complexity index is 572. The van der Waals surface area contributed by atoms with Gasteiger partial charge >= 0.3 is 0 Å². The number of thiophene rings is 1. The molecule has 2 heterocycles. The van der Waals surface area contributed by atoms with Crippen LogP contribution >= 0.6 is 11.3 Å². The lowest BCUT2D eigenvalue weighted by Gasteiger charge is -2.19. The second-order valence-corrected chi connectivity index (χ2v) is 6.51. The second kappa shape index (κ2) is 4.66. The van der Waals surface area contributed by atoms with Gasteiger partial charge in [-0.15, -0.1) is 0 Å². The zero-order valence-electron chi connectivity index (χ0n) is 11.2. The summed E-state index contributed by atoms with van der Waals surface area (Å²) >= 11 is 1.66. The molecule has 1 aromatic carbocycles. The van der Waals surface area contributed by atoms with Gasteiger partial charge in [0, 0.05) is 18.4 Å². The molecule has 2 nitrogen and oxygen atoms in total. The molecule has 0 aliphatic carbocycles. The number of benzene rings is 1. The van der Waals surface area contributed by atoms with Gasteiger partial charge in [0.05, 0.1) is 6.10 Å².